The summed E-state index contributed by atoms with van der Waals surface area (Å²) >= 11 is 6.36. The number of hydrogen-bond donors (Lipinski definition) is 1. The fraction of sp³-hybridized carbons (Fsp3) is 0.174. The van der Waals surface area contributed by atoms with Gasteiger partial charge in [0, 0.05) is 19.2 Å². The number of benzene rings is 1. The van der Waals surface area contributed by atoms with E-state index in [0.717, 1.165) is 17.3 Å². The fourth-order valence-corrected chi connectivity index (χ4v) is 4.56. The first kappa shape index (κ1) is 22.7. The quantitative estimate of drug-likeness (QED) is 0.401. The summed E-state index contributed by atoms with van der Waals surface area (Å²) in [5.41, 5.74) is 1.00. The van der Waals surface area contributed by atoms with Gasteiger partial charge in [0.05, 0.1) is 4.91 Å². The highest BCUT2D eigenvalue weighted by atomic mass is 32.2. The number of nitrogens with zero attached hydrogens (tertiary/aromatic N) is 3. The summed E-state index contributed by atoms with van der Waals surface area (Å²) in [6.45, 7) is 2.07. The summed E-state index contributed by atoms with van der Waals surface area (Å²) in [6, 6.07) is 12.5. The van der Waals surface area contributed by atoms with Gasteiger partial charge in [-0.05, 0) is 43.2 Å². The Kier molecular flexibility index (Phi) is 6.57. The molecule has 1 aromatic carbocycles. The van der Waals surface area contributed by atoms with Gasteiger partial charge in [0.1, 0.15) is 21.3 Å². The van der Waals surface area contributed by atoms with Crippen molar-refractivity contribution in [2.24, 2.45) is 0 Å². The number of thioether (sulfide) groups is 1. The van der Waals surface area contributed by atoms with Crippen molar-refractivity contribution in [3.63, 3.8) is 0 Å². The van der Waals surface area contributed by atoms with Gasteiger partial charge in [-0.15, -0.1) is 0 Å². The molecule has 1 aliphatic rings. The van der Waals surface area contributed by atoms with Crippen molar-refractivity contribution >= 4 is 51.9 Å². The molecule has 1 saturated heterocycles. The van der Waals surface area contributed by atoms with Gasteiger partial charge >= 0.3 is 5.97 Å². The number of amides is 1. The Balaban J connectivity index is 1.75. The third kappa shape index (κ3) is 4.81. The SMILES string of the molecule is Cc1ccccc1Oc1nc2ccccn2c(=O)c1C=C1SC(=S)N(CCCC(=O)O)C1=O. The molecule has 1 N–H and O–H groups in total. The van der Waals surface area contributed by atoms with Crippen molar-refractivity contribution in [1.29, 1.82) is 0 Å². The lowest BCUT2D eigenvalue weighted by molar-refractivity contribution is -0.137. The molecule has 4 rings (SSSR count). The molecule has 0 aliphatic carbocycles. The largest absolute Gasteiger partial charge is 0.481 e. The number of rotatable bonds is 7. The zero-order valence-electron chi connectivity index (χ0n) is 17.6. The zero-order valence-corrected chi connectivity index (χ0v) is 19.2. The van der Waals surface area contributed by atoms with E-state index < -0.39 is 5.97 Å². The van der Waals surface area contributed by atoms with E-state index in [-0.39, 0.29) is 47.2 Å². The minimum absolute atomic E-state index is 0.0690. The summed E-state index contributed by atoms with van der Waals surface area (Å²) < 4.78 is 7.71. The standard InChI is InChI=1S/C23H19N3O5S2/c1-14-7-2-3-8-16(14)31-20-15(21(29)25-11-5-4-9-18(25)24-20)13-17-22(30)26(23(32)33-17)12-6-10-19(27)28/h2-5,7-9,11,13H,6,10,12H2,1H3,(H,27,28). The average molecular weight is 482 g/mol. The molecule has 3 heterocycles. The second-order valence-electron chi connectivity index (χ2n) is 7.26. The van der Waals surface area contributed by atoms with Crippen molar-refractivity contribution in [1.82, 2.24) is 14.3 Å². The zero-order chi connectivity index (χ0) is 23.5. The molecule has 0 atom stereocenters. The number of ether oxygens (including phenoxy) is 1. The number of para-hydroxylation sites is 1. The van der Waals surface area contributed by atoms with Crippen molar-refractivity contribution < 1.29 is 19.4 Å². The molecule has 10 heteroatoms. The van der Waals surface area contributed by atoms with E-state index in [1.807, 2.05) is 25.1 Å². The number of pyridine rings is 1. The first-order chi connectivity index (χ1) is 15.8. The molecule has 3 aromatic rings. The van der Waals surface area contributed by atoms with Gasteiger partial charge in [-0.2, -0.15) is 4.98 Å². The number of aromatic nitrogens is 2. The Hall–Kier alpha value is -3.50. The number of aryl methyl sites for hydroxylation is 1. The maximum atomic E-state index is 13.3. The van der Waals surface area contributed by atoms with Crippen molar-refractivity contribution in [2.45, 2.75) is 19.8 Å². The Labute approximate surface area is 198 Å². The maximum Gasteiger partial charge on any atom is 0.303 e. The molecule has 0 unspecified atom stereocenters. The van der Waals surface area contributed by atoms with Gasteiger partial charge < -0.3 is 9.84 Å². The molecule has 33 heavy (non-hydrogen) atoms. The van der Waals surface area contributed by atoms with Crippen LogP contribution in [0.4, 0.5) is 0 Å². The molecule has 168 valence electrons. The predicted octanol–water partition coefficient (Wildman–Crippen LogP) is 3.86. The Bertz CT molecular complexity index is 1370. The molecule has 1 fully saturated rings. The second kappa shape index (κ2) is 9.55. The van der Waals surface area contributed by atoms with E-state index in [0.29, 0.717) is 15.7 Å². The molecule has 0 saturated carbocycles. The summed E-state index contributed by atoms with van der Waals surface area (Å²) in [4.78, 5) is 43.1. The smallest absolute Gasteiger partial charge is 0.303 e. The molecule has 0 spiro atoms. The van der Waals surface area contributed by atoms with E-state index in [4.69, 9.17) is 22.1 Å². The van der Waals surface area contributed by atoms with Crippen LogP contribution >= 0.6 is 24.0 Å². The monoisotopic (exact) mass is 481 g/mol. The van der Waals surface area contributed by atoms with Gasteiger partial charge in [0.15, 0.2) is 0 Å². The first-order valence-corrected chi connectivity index (χ1v) is 11.3. The third-order valence-corrected chi connectivity index (χ3v) is 6.33. The number of carbonyl (C=O) groups is 2. The van der Waals surface area contributed by atoms with Crippen LogP contribution in [0.25, 0.3) is 11.7 Å². The summed E-state index contributed by atoms with van der Waals surface area (Å²) in [5, 5.41) is 8.84. The predicted molar refractivity (Wildman–Crippen MR) is 129 cm³/mol. The average Bonchev–Trinajstić information content (AvgIpc) is 3.05. The summed E-state index contributed by atoms with van der Waals surface area (Å²) in [5.74, 6) is -0.698. The minimum Gasteiger partial charge on any atom is -0.481 e. The van der Waals surface area contributed by atoms with Crippen LogP contribution in [0.2, 0.25) is 0 Å². The summed E-state index contributed by atoms with van der Waals surface area (Å²) in [7, 11) is 0. The van der Waals surface area contributed by atoms with Crippen LogP contribution in [0.15, 0.2) is 58.4 Å². The Morgan fingerprint density at radius 1 is 1.21 bits per heavy atom. The third-order valence-electron chi connectivity index (χ3n) is 4.96. The molecule has 0 bridgehead atoms. The van der Waals surface area contributed by atoms with Crippen LogP contribution in [0.1, 0.15) is 24.0 Å². The van der Waals surface area contributed by atoms with E-state index in [2.05, 4.69) is 4.98 Å². The second-order valence-corrected chi connectivity index (χ2v) is 8.94. The lowest BCUT2D eigenvalue weighted by Gasteiger charge is -2.13. The first-order valence-electron chi connectivity index (χ1n) is 10.1. The van der Waals surface area contributed by atoms with Crippen molar-refractivity contribution in [3.8, 4) is 11.6 Å². The van der Waals surface area contributed by atoms with Gasteiger partial charge in [-0.3, -0.25) is 23.7 Å². The minimum atomic E-state index is -0.941. The van der Waals surface area contributed by atoms with Gasteiger partial charge in [0.2, 0.25) is 5.88 Å². The molecule has 0 radical (unpaired) electrons. The lowest BCUT2D eigenvalue weighted by Crippen LogP contribution is -2.29. The van der Waals surface area contributed by atoms with Crippen LogP contribution in [-0.2, 0) is 9.59 Å². The number of thiocarbonyl (C=S) groups is 1. The highest BCUT2D eigenvalue weighted by Crippen LogP contribution is 2.34. The number of aliphatic carboxylic acids is 1. The highest BCUT2D eigenvalue weighted by Gasteiger charge is 2.32. The normalized spacial score (nSPS) is 14.9. The number of carbonyl (C=O) groups excluding carboxylic acids is 1. The molecular weight excluding hydrogens is 462 g/mol. The van der Waals surface area contributed by atoms with Crippen molar-refractivity contribution in [2.75, 3.05) is 6.54 Å². The van der Waals surface area contributed by atoms with Crippen LogP contribution in [0, 0.1) is 6.92 Å². The number of carboxylic acids is 1. The van der Waals surface area contributed by atoms with Crippen LogP contribution in [0.3, 0.4) is 0 Å². The van der Waals surface area contributed by atoms with Crippen LogP contribution in [0.5, 0.6) is 11.6 Å². The molecule has 2 aromatic heterocycles. The van der Waals surface area contributed by atoms with E-state index in [1.54, 1.807) is 30.5 Å². The maximum absolute atomic E-state index is 13.3. The van der Waals surface area contributed by atoms with Gasteiger partial charge in [-0.25, -0.2) is 0 Å². The van der Waals surface area contributed by atoms with Gasteiger partial charge in [-0.1, -0.05) is 48.2 Å². The lowest BCUT2D eigenvalue weighted by atomic mass is 10.2. The number of fused-ring (bicyclic) bond motifs is 1. The number of hydrogen-bond acceptors (Lipinski definition) is 7. The van der Waals surface area contributed by atoms with Crippen LogP contribution < -0.4 is 10.3 Å². The number of carboxylic acid groups (broad SMARTS) is 1. The van der Waals surface area contributed by atoms with Crippen LogP contribution in [-0.4, -0.2) is 42.1 Å². The topological polar surface area (TPSA) is 101 Å². The van der Waals surface area contributed by atoms with E-state index in [9.17, 15) is 14.4 Å². The molecule has 1 amide bonds. The summed E-state index contributed by atoms with van der Waals surface area (Å²) in [6.07, 6.45) is 3.24. The van der Waals surface area contributed by atoms with E-state index >= 15 is 0 Å². The Morgan fingerprint density at radius 3 is 2.73 bits per heavy atom. The molecular formula is C23H19N3O5S2. The van der Waals surface area contributed by atoms with E-state index in [1.165, 1.54) is 15.4 Å². The Morgan fingerprint density at radius 2 is 1.97 bits per heavy atom. The highest BCUT2D eigenvalue weighted by molar-refractivity contribution is 8.26. The molecule has 8 nitrogen and oxygen atoms in total. The van der Waals surface area contributed by atoms with Gasteiger partial charge in [0.25, 0.3) is 11.5 Å². The van der Waals surface area contributed by atoms with Crippen molar-refractivity contribution in [3.05, 3.63) is 75.0 Å². The molecule has 1 aliphatic heterocycles. The fourth-order valence-electron chi connectivity index (χ4n) is 3.27.